The third-order valence-electron chi connectivity index (χ3n) is 2.06. The summed E-state index contributed by atoms with van der Waals surface area (Å²) in [4.78, 5) is 22.8. The predicted molar refractivity (Wildman–Crippen MR) is 68.9 cm³/mol. The van der Waals surface area contributed by atoms with Crippen LogP contribution in [0.4, 0.5) is 0 Å². The van der Waals surface area contributed by atoms with Crippen molar-refractivity contribution in [1.82, 2.24) is 5.32 Å². The standard InChI is InChI=1S/C11H22N2O3.ClH/c1-5-16-11(15)8(4)13-10(14)9(12)6-7(2)3;/h7-9H,5-6,12H2,1-4H3,(H,13,14);1H/t8-,9-;/m0./s1. The molecule has 0 fully saturated rings. The van der Waals surface area contributed by atoms with E-state index in [-0.39, 0.29) is 18.3 Å². The van der Waals surface area contributed by atoms with E-state index >= 15 is 0 Å². The van der Waals surface area contributed by atoms with Crippen LogP contribution in [0, 0.1) is 5.92 Å². The van der Waals surface area contributed by atoms with Gasteiger partial charge in [0, 0.05) is 0 Å². The number of hydrogen-bond acceptors (Lipinski definition) is 4. The molecule has 0 rings (SSSR count). The summed E-state index contributed by atoms with van der Waals surface area (Å²) in [5.74, 6) is -0.402. The van der Waals surface area contributed by atoms with E-state index in [4.69, 9.17) is 10.5 Å². The highest BCUT2D eigenvalue weighted by atomic mass is 35.5. The Balaban J connectivity index is 0. The van der Waals surface area contributed by atoms with E-state index in [0.717, 1.165) is 0 Å². The average molecular weight is 267 g/mol. The van der Waals surface area contributed by atoms with Crippen LogP contribution in [-0.2, 0) is 14.3 Å². The van der Waals surface area contributed by atoms with Gasteiger partial charge in [-0.1, -0.05) is 13.8 Å². The summed E-state index contributed by atoms with van der Waals surface area (Å²) in [6.07, 6.45) is 0.599. The van der Waals surface area contributed by atoms with E-state index in [1.165, 1.54) is 0 Å². The molecule has 0 saturated heterocycles. The van der Waals surface area contributed by atoms with Crippen molar-refractivity contribution in [2.45, 2.75) is 46.2 Å². The quantitative estimate of drug-likeness (QED) is 0.699. The largest absolute Gasteiger partial charge is 0.464 e. The number of hydrogen-bond donors (Lipinski definition) is 2. The third-order valence-corrected chi connectivity index (χ3v) is 2.06. The van der Waals surface area contributed by atoms with Crippen molar-refractivity contribution in [3.8, 4) is 0 Å². The van der Waals surface area contributed by atoms with Crippen LogP contribution >= 0.6 is 12.4 Å². The van der Waals surface area contributed by atoms with Gasteiger partial charge in [-0.2, -0.15) is 0 Å². The van der Waals surface area contributed by atoms with Gasteiger partial charge in [0.25, 0.3) is 0 Å². The summed E-state index contributed by atoms with van der Waals surface area (Å²) >= 11 is 0. The van der Waals surface area contributed by atoms with Crippen molar-refractivity contribution in [1.29, 1.82) is 0 Å². The number of nitrogens with two attached hydrogens (primary N) is 1. The van der Waals surface area contributed by atoms with Crippen molar-refractivity contribution in [3.05, 3.63) is 0 Å². The molecule has 2 atom stereocenters. The minimum atomic E-state index is -0.648. The second-order valence-corrected chi connectivity index (χ2v) is 4.22. The van der Waals surface area contributed by atoms with Crippen LogP contribution < -0.4 is 11.1 Å². The molecule has 0 radical (unpaired) electrons. The first-order chi connectivity index (χ1) is 7.38. The average Bonchev–Trinajstić information content (AvgIpc) is 2.16. The lowest BCUT2D eigenvalue weighted by Crippen LogP contribution is -2.48. The molecule has 0 spiro atoms. The van der Waals surface area contributed by atoms with E-state index < -0.39 is 18.1 Å². The number of carbonyl (C=O) groups excluding carboxylic acids is 2. The molecule has 0 aromatic heterocycles. The molecule has 5 nitrogen and oxygen atoms in total. The van der Waals surface area contributed by atoms with E-state index in [9.17, 15) is 9.59 Å². The second-order valence-electron chi connectivity index (χ2n) is 4.22. The fourth-order valence-electron chi connectivity index (χ4n) is 1.26. The molecule has 0 aliphatic carbocycles. The molecule has 0 aliphatic heterocycles. The highest BCUT2D eigenvalue weighted by Gasteiger charge is 2.21. The number of carbonyl (C=O) groups is 2. The molecule has 0 aliphatic rings. The Morgan fingerprint density at radius 2 is 1.82 bits per heavy atom. The number of rotatable bonds is 6. The lowest BCUT2D eigenvalue weighted by atomic mass is 10.0. The zero-order chi connectivity index (χ0) is 12.7. The summed E-state index contributed by atoms with van der Waals surface area (Å²) < 4.78 is 4.77. The topological polar surface area (TPSA) is 81.4 Å². The molecule has 0 heterocycles. The molecule has 6 heteroatoms. The lowest BCUT2D eigenvalue weighted by Gasteiger charge is -2.17. The number of amides is 1. The first-order valence-electron chi connectivity index (χ1n) is 5.61. The van der Waals surface area contributed by atoms with Crippen LogP contribution in [0.15, 0.2) is 0 Å². The van der Waals surface area contributed by atoms with Crippen LogP contribution in [0.3, 0.4) is 0 Å². The Bertz CT molecular complexity index is 247. The summed E-state index contributed by atoms with van der Waals surface area (Å²) in [7, 11) is 0. The van der Waals surface area contributed by atoms with Crippen LogP contribution in [0.2, 0.25) is 0 Å². The van der Waals surface area contributed by atoms with Crippen molar-refractivity contribution < 1.29 is 14.3 Å². The fraction of sp³-hybridized carbons (Fsp3) is 0.818. The Hall–Kier alpha value is -0.810. The Kier molecular flexibility index (Phi) is 10.1. The van der Waals surface area contributed by atoms with Gasteiger partial charge in [0.1, 0.15) is 6.04 Å². The van der Waals surface area contributed by atoms with E-state index in [2.05, 4.69) is 5.32 Å². The van der Waals surface area contributed by atoms with Crippen molar-refractivity contribution >= 4 is 24.3 Å². The normalized spacial score (nSPS) is 13.5. The molecule has 17 heavy (non-hydrogen) atoms. The smallest absolute Gasteiger partial charge is 0.328 e. The van der Waals surface area contributed by atoms with Gasteiger partial charge in [-0.25, -0.2) is 4.79 Å². The number of esters is 1. The summed E-state index contributed by atoms with van der Waals surface area (Å²) in [5, 5.41) is 2.53. The molecule has 102 valence electrons. The molecule has 1 amide bonds. The maximum absolute atomic E-state index is 11.6. The number of nitrogens with one attached hydrogen (secondary N) is 1. The Morgan fingerprint density at radius 3 is 2.24 bits per heavy atom. The molecule has 0 saturated carbocycles. The van der Waals surface area contributed by atoms with Gasteiger partial charge in [0.05, 0.1) is 12.6 Å². The van der Waals surface area contributed by atoms with E-state index in [1.54, 1.807) is 13.8 Å². The molecule has 3 N–H and O–H groups in total. The van der Waals surface area contributed by atoms with Crippen molar-refractivity contribution in [2.75, 3.05) is 6.61 Å². The van der Waals surface area contributed by atoms with Gasteiger partial charge < -0.3 is 15.8 Å². The summed E-state index contributed by atoms with van der Waals surface area (Å²) in [6.45, 7) is 7.58. The van der Waals surface area contributed by atoms with Gasteiger partial charge in [-0.3, -0.25) is 4.79 Å². The predicted octanol–water partition coefficient (Wildman–Crippen LogP) is 0.849. The fourth-order valence-corrected chi connectivity index (χ4v) is 1.26. The number of halogens is 1. The highest BCUT2D eigenvalue weighted by Crippen LogP contribution is 2.03. The van der Waals surface area contributed by atoms with Gasteiger partial charge in [0.2, 0.25) is 5.91 Å². The van der Waals surface area contributed by atoms with E-state index in [0.29, 0.717) is 18.9 Å². The van der Waals surface area contributed by atoms with Gasteiger partial charge in [-0.15, -0.1) is 12.4 Å². The maximum atomic E-state index is 11.6. The Morgan fingerprint density at radius 1 is 1.29 bits per heavy atom. The lowest BCUT2D eigenvalue weighted by molar-refractivity contribution is -0.147. The minimum Gasteiger partial charge on any atom is -0.464 e. The highest BCUT2D eigenvalue weighted by molar-refractivity contribution is 5.87. The van der Waals surface area contributed by atoms with Crippen LogP contribution in [-0.4, -0.2) is 30.6 Å². The van der Waals surface area contributed by atoms with Crippen LogP contribution in [0.1, 0.15) is 34.1 Å². The van der Waals surface area contributed by atoms with E-state index in [1.807, 2.05) is 13.8 Å². The van der Waals surface area contributed by atoms with Crippen LogP contribution in [0.25, 0.3) is 0 Å². The molecular weight excluding hydrogens is 244 g/mol. The summed E-state index contributed by atoms with van der Waals surface area (Å²) in [6, 6.07) is -1.22. The molecular formula is C11H23ClN2O3. The van der Waals surface area contributed by atoms with Crippen molar-refractivity contribution in [2.24, 2.45) is 11.7 Å². The van der Waals surface area contributed by atoms with Gasteiger partial charge >= 0.3 is 5.97 Å². The first-order valence-corrected chi connectivity index (χ1v) is 5.61. The summed E-state index contributed by atoms with van der Waals surface area (Å²) in [5.41, 5.74) is 5.68. The van der Waals surface area contributed by atoms with Gasteiger partial charge in [-0.05, 0) is 26.2 Å². The molecule has 0 bridgehead atoms. The van der Waals surface area contributed by atoms with Gasteiger partial charge in [0.15, 0.2) is 0 Å². The SMILES string of the molecule is CCOC(=O)[C@H](C)NC(=O)[C@@H](N)CC(C)C.Cl. The van der Waals surface area contributed by atoms with Crippen LogP contribution in [0.5, 0.6) is 0 Å². The first kappa shape index (κ1) is 18.6. The second kappa shape index (κ2) is 9.24. The molecule has 0 aromatic carbocycles. The Labute approximate surface area is 109 Å². The monoisotopic (exact) mass is 266 g/mol. The molecule has 0 aromatic rings. The third kappa shape index (κ3) is 7.99. The maximum Gasteiger partial charge on any atom is 0.328 e. The van der Waals surface area contributed by atoms with Crippen molar-refractivity contribution in [3.63, 3.8) is 0 Å². The molecule has 0 unspecified atom stereocenters. The zero-order valence-electron chi connectivity index (χ0n) is 10.9. The zero-order valence-corrected chi connectivity index (χ0v) is 11.7. The number of ether oxygens (including phenoxy) is 1. The minimum absolute atomic E-state index is 0.